The molecule has 3 aromatic rings. The molecule has 0 fully saturated rings. The summed E-state index contributed by atoms with van der Waals surface area (Å²) in [6, 6.07) is 10.9. The molecule has 0 unspecified atom stereocenters. The summed E-state index contributed by atoms with van der Waals surface area (Å²) in [5.41, 5.74) is 3.46. The topological polar surface area (TPSA) is 78.0 Å². The molecule has 22 heavy (non-hydrogen) atoms. The van der Waals surface area contributed by atoms with Gasteiger partial charge in [-0.1, -0.05) is 12.1 Å². The minimum absolute atomic E-state index is 0.00363. The molecule has 1 aliphatic rings. The number of phenols is 1. The highest BCUT2D eigenvalue weighted by atomic mass is 16.3. The van der Waals surface area contributed by atoms with Gasteiger partial charge in [0.05, 0.1) is 22.0 Å². The third kappa shape index (κ3) is 1.65. The smallest absolute Gasteiger partial charge is 0.234 e. The Balaban J connectivity index is 1.91. The lowest BCUT2D eigenvalue weighted by molar-refractivity contribution is -0.119. The number of anilines is 1. The fourth-order valence-electron chi connectivity index (χ4n) is 2.88. The van der Waals surface area contributed by atoms with Gasteiger partial charge in [-0.25, -0.2) is 4.98 Å². The Labute approximate surface area is 127 Å². The number of para-hydroxylation sites is 1. The molecule has 4 rings (SSSR count). The molecule has 2 heterocycles. The van der Waals surface area contributed by atoms with Crippen LogP contribution in [-0.2, 0) is 10.2 Å². The minimum atomic E-state index is -0.558. The van der Waals surface area contributed by atoms with E-state index in [9.17, 15) is 9.90 Å². The van der Waals surface area contributed by atoms with Crippen molar-refractivity contribution in [1.29, 1.82) is 0 Å². The first-order chi connectivity index (χ1) is 10.5. The number of H-pyrrole nitrogens is 1. The van der Waals surface area contributed by atoms with E-state index in [1.54, 1.807) is 12.1 Å². The molecule has 5 nitrogen and oxygen atoms in total. The maximum atomic E-state index is 12.0. The van der Waals surface area contributed by atoms with Gasteiger partial charge in [0.2, 0.25) is 5.91 Å². The average molecular weight is 293 g/mol. The van der Waals surface area contributed by atoms with Crippen molar-refractivity contribution < 1.29 is 9.90 Å². The predicted molar refractivity (Wildman–Crippen MR) is 84.9 cm³/mol. The van der Waals surface area contributed by atoms with Crippen molar-refractivity contribution in [2.45, 2.75) is 19.3 Å². The molecule has 3 N–H and O–H groups in total. The summed E-state index contributed by atoms with van der Waals surface area (Å²) in [7, 11) is 0. The second-order valence-corrected chi connectivity index (χ2v) is 6.10. The lowest BCUT2D eigenvalue weighted by atomic mass is 9.86. The van der Waals surface area contributed by atoms with Gasteiger partial charge in [0, 0.05) is 5.69 Å². The quantitative estimate of drug-likeness (QED) is 0.645. The number of aromatic hydroxyl groups is 1. The maximum absolute atomic E-state index is 12.0. The van der Waals surface area contributed by atoms with Crippen LogP contribution in [0.3, 0.4) is 0 Å². The number of aromatic nitrogens is 2. The molecule has 0 saturated heterocycles. The van der Waals surface area contributed by atoms with E-state index in [1.807, 2.05) is 38.1 Å². The lowest BCUT2D eigenvalue weighted by Gasteiger charge is -2.14. The van der Waals surface area contributed by atoms with Gasteiger partial charge in [-0.05, 0) is 43.7 Å². The minimum Gasteiger partial charge on any atom is -0.507 e. The molecular formula is C17H15N3O2. The fraction of sp³-hybridized carbons (Fsp3) is 0.176. The fourth-order valence-corrected chi connectivity index (χ4v) is 2.88. The molecule has 0 saturated carbocycles. The van der Waals surface area contributed by atoms with Crippen molar-refractivity contribution >= 4 is 22.6 Å². The number of carbonyl (C=O) groups excluding carboxylic acids is 1. The number of nitrogens with zero attached hydrogens (tertiary/aromatic N) is 1. The Hall–Kier alpha value is -2.82. The highest BCUT2D eigenvalue weighted by Crippen LogP contribution is 2.40. The summed E-state index contributed by atoms with van der Waals surface area (Å²) in [5, 5.41) is 12.9. The van der Waals surface area contributed by atoms with Crippen LogP contribution >= 0.6 is 0 Å². The number of benzene rings is 2. The van der Waals surface area contributed by atoms with Gasteiger partial charge in [-0.3, -0.25) is 4.79 Å². The number of rotatable bonds is 1. The van der Waals surface area contributed by atoms with Gasteiger partial charge in [0.25, 0.3) is 0 Å². The van der Waals surface area contributed by atoms with Gasteiger partial charge in [0.15, 0.2) is 0 Å². The zero-order valence-electron chi connectivity index (χ0n) is 12.3. The Morgan fingerprint density at radius 2 is 1.95 bits per heavy atom. The molecular weight excluding hydrogens is 278 g/mol. The SMILES string of the molecule is CC1(C)C(=O)Nc2cc3[nH]c(-c4ccccc4O)nc3cc21. The molecule has 110 valence electrons. The number of imidazole rings is 1. The predicted octanol–water partition coefficient (Wildman–Crippen LogP) is 3.17. The van der Waals surface area contributed by atoms with E-state index >= 15 is 0 Å². The van der Waals surface area contributed by atoms with Crippen LogP contribution in [0.4, 0.5) is 5.69 Å². The van der Waals surface area contributed by atoms with Crippen molar-refractivity contribution in [3.05, 3.63) is 42.0 Å². The first kappa shape index (κ1) is 12.9. The normalized spacial score (nSPS) is 15.8. The summed E-state index contributed by atoms with van der Waals surface area (Å²) < 4.78 is 0. The molecule has 0 atom stereocenters. The second-order valence-electron chi connectivity index (χ2n) is 6.10. The van der Waals surface area contributed by atoms with E-state index in [4.69, 9.17) is 0 Å². The van der Waals surface area contributed by atoms with E-state index in [0.29, 0.717) is 11.4 Å². The van der Waals surface area contributed by atoms with Crippen molar-refractivity contribution in [3.63, 3.8) is 0 Å². The molecule has 0 aliphatic carbocycles. The van der Waals surface area contributed by atoms with Crippen LogP contribution in [0.2, 0.25) is 0 Å². The third-order valence-corrected chi connectivity index (χ3v) is 4.27. The molecule has 0 radical (unpaired) electrons. The summed E-state index contributed by atoms with van der Waals surface area (Å²) in [4.78, 5) is 19.8. The first-order valence-corrected chi connectivity index (χ1v) is 7.11. The Morgan fingerprint density at radius 3 is 2.73 bits per heavy atom. The van der Waals surface area contributed by atoms with Crippen LogP contribution in [0.15, 0.2) is 36.4 Å². The zero-order valence-corrected chi connectivity index (χ0v) is 12.3. The van der Waals surface area contributed by atoms with Crippen LogP contribution in [-0.4, -0.2) is 21.0 Å². The van der Waals surface area contributed by atoms with Gasteiger partial charge in [-0.2, -0.15) is 0 Å². The zero-order chi connectivity index (χ0) is 15.5. The average Bonchev–Trinajstić information content (AvgIpc) is 2.97. The van der Waals surface area contributed by atoms with Crippen molar-refractivity contribution in [1.82, 2.24) is 9.97 Å². The van der Waals surface area contributed by atoms with Crippen LogP contribution in [0.1, 0.15) is 19.4 Å². The van der Waals surface area contributed by atoms with E-state index in [0.717, 1.165) is 22.3 Å². The number of amides is 1. The Kier molecular flexibility index (Phi) is 2.40. The molecule has 2 aromatic carbocycles. The first-order valence-electron chi connectivity index (χ1n) is 7.11. The highest BCUT2D eigenvalue weighted by molar-refractivity contribution is 6.07. The number of hydrogen-bond donors (Lipinski definition) is 3. The maximum Gasteiger partial charge on any atom is 0.234 e. The van der Waals surface area contributed by atoms with Gasteiger partial charge in [0.1, 0.15) is 11.6 Å². The lowest BCUT2D eigenvalue weighted by Crippen LogP contribution is -2.26. The van der Waals surface area contributed by atoms with E-state index in [1.165, 1.54) is 0 Å². The number of aromatic amines is 1. The molecule has 1 amide bonds. The number of fused-ring (bicyclic) bond motifs is 2. The van der Waals surface area contributed by atoms with Crippen LogP contribution in [0.5, 0.6) is 5.75 Å². The summed E-state index contributed by atoms with van der Waals surface area (Å²) in [6.45, 7) is 3.80. The van der Waals surface area contributed by atoms with Gasteiger partial charge >= 0.3 is 0 Å². The van der Waals surface area contributed by atoms with E-state index in [-0.39, 0.29) is 11.7 Å². The van der Waals surface area contributed by atoms with Crippen LogP contribution in [0.25, 0.3) is 22.4 Å². The largest absolute Gasteiger partial charge is 0.507 e. The van der Waals surface area contributed by atoms with Crippen molar-refractivity contribution in [3.8, 4) is 17.1 Å². The molecule has 1 aliphatic heterocycles. The number of hydrogen-bond acceptors (Lipinski definition) is 3. The van der Waals surface area contributed by atoms with E-state index < -0.39 is 5.41 Å². The van der Waals surface area contributed by atoms with Crippen LogP contribution < -0.4 is 5.32 Å². The summed E-state index contributed by atoms with van der Waals surface area (Å²) in [5.74, 6) is 0.791. The van der Waals surface area contributed by atoms with Crippen molar-refractivity contribution in [2.75, 3.05) is 5.32 Å². The standard InChI is InChI=1S/C17H15N3O2/c1-17(2)10-7-12-13(8-11(10)20-16(17)22)19-15(18-12)9-5-3-4-6-14(9)21/h3-8,21H,1-2H3,(H,18,19)(H,20,22). The molecule has 1 aromatic heterocycles. The molecule has 0 spiro atoms. The highest BCUT2D eigenvalue weighted by Gasteiger charge is 2.38. The second kappa shape index (κ2) is 4.10. The Morgan fingerprint density at radius 1 is 1.18 bits per heavy atom. The van der Waals surface area contributed by atoms with Crippen molar-refractivity contribution in [2.24, 2.45) is 0 Å². The number of carbonyl (C=O) groups is 1. The third-order valence-electron chi connectivity index (χ3n) is 4.27. The molecule has 0 bridgehead atoms. The van der Waals surface area contributed by atoms with Gasteiger partial charge < -0.3 is 15.4 Å². The summed E-state index contributed by atoms with van der Waals surface area (Å²) >= 11 is 0. The molecule has 5 heteroatoms. The number of nitrogens with one attached hydrogen (secondary N) is 2. The van der Waals surface area contributed by atoms with Crippen LogP contribution in [0, 0.1) is 0 Å². The number of phenolic OH excluding ortho intramolecular Hbond substituents is 1. The monoisotopic (exact) mass is 293 g/mol. The Bertz CT molecular complexity index is 925. The summed E-state index contributed by atoms with van der Waals surface area (Å²) in [6.07, 6.45) is 0. The van der Waals surface area contributed by atoms with E-state index in [2.05, 4.69) is 15.3 Å². The van der Waals surface area contributed by atoms with Gasteiger partial charge in [-0.15, -0.1) is 0 Å².